The average Bonchev–Trinajstić information content (AvgIpc) is 3.17. The summed E-state index contributed by atoms with van der Waals surface area (Å²) in [7, 11) is 2.03. The van der Waals surface area contributed by atoms with Crippen molar-refractivity contribution in [3.05, 3.63) is 78.2 Å². The highest BCUT2D eigenvalue weighted by Crippen LogP contribution is 2.25. The van der Waals surface area contributed by atoms with E-state index in [1.807, 2.05) is 19.6 Å². The lowest BCUT2D eigenvalue weighted by molar-refractivity contribution is 0.253. The molecule has 3 heterocycles. The number of nitrogens with zero attached hydrogens (tertiary/aromatic N) is 4. The molecule has 0 saturated carbocycles. The van der Waals surface area contributed by atoms with Crippen LogP contribution < -0.4 is 5.32 Å². The third-order valence-electron chi connectivity index (χ3n) is 5.99. The Hall–Kier alpha value is -3.18. The number of pyridine rings is 1. The summed E-state index contributed by atoms with van der Waals surface area (Å²) in [4.78, 5) is 11.5. The number of rotatable bonds is 6. The van der Waals surface area contributed by atoms with Crippen LogP contribution in [0.25, 0.3) is 22.2 Å². The van der Waals surface area contributed by atoms with Gasteiger partial charge in [0.2, 0.25) is 0 Å². The van der Waals surface area contributed by atoms with Crippen LogP contribution in [-0.4, -0.2) is 39.1 Å². The zero-order valence-corrected chi connectivity index (χ0v) is 17.4. The van der Waals surface area contributed by atoms with E-state index in [-0.39, 0.29) is 0 Å². The summed E-state index contributed by atoms with van der Waals surface area (Å²) in [5.41, 5.74) is 7.51. The first-order chi connectivity index (χ1) is 14.8. The van der Waals surface area contributed by atoms with Gasteiger partial charge in [0.1, 0.15) is 5.82 Å². The molecule has 1 aliphatic rings. The van der Waals surface area contributed by atoms with Gasteiger partial charge in [-0.2, -0.15) is 0 Å². The molecular formula is C25H27N5. The fourth-order valence-electron chi connectivity index (χ4n) is 4.28. The maximum absolute atomic E-state index is 4.51. The average molecular weight is 398 g/mol. The number of hydrogen-bond acceptors (Lipinski definition) is 4. The maximum Gasteiger partial charge on any atom is 0.126 e. The number of aryl methyl sites for hydroxylation is 1. The van der Waals surface area contributed by atoms with Gasteiger partial charge in [-0.25, -0.2) is 9.97 Å². The number of anilines is 1. The summed E-state index contributed by atoms with van der Waals surface area (Å²) in [5.74, 6) is 0.932. The van der Waals surface area contributed by atoms with Crippen LogP contribution in [0.4, 0.5) is 5.82 Å². The lowest BCUT2D eigenvalue weighted by Gasteiger charge is -2.28. The fourth-order valence-corrected chi connectivity index (χ4v) is 4.28. The maximum atomic E-state index is 4.51. The standard InChI is InChI=1S/C25H27N5/c1-29-18-28-23-8-7-20(15-24(23)29)21-9-12-27-25(16-21)26-11-4-13-30-14-10-19-5-2-3-6-22(19)17-30/h2-3,5-9,12,15-16,18H,4,10-11,13-14,17H2,1H3,(H,26,27). The van der Waals surface area contributed by atoms with Crippen molar-refractivity contribution in [3.63, 3.8) is 0 Å². The molecule has 0 atom stereocenters. The van der Waals surface area contributed by atoms with Gasteiger partial charge in [0.25, 0.3) is 0 Å². The van der Waals surface area contributed by atoms with Crippen LogP contribution >= 0.6 is 0 Å². The number of benzene rings is 2. The molecule has 2 aromatic carbocycles. The number of aromatic nitrogens is 3. The van der Waals surface area contributed by atoms with Crippen LogP contribution in [0, 0.1) is 0 Å². The minimum Gasteiger partial charge on any atom is -0.370 e. The van der Waals surface area contributed by atoms with E-state index in [2.05, 4.69) is 79.3 Å². The SMILES string of the molecule is Cn1cnc2ccc(-c3ccnc(NCCCN4CCc5ccccc5C4)c3)cc21. The van der Waals surface area contributed by atoms with Crippen molar-refractivity contribution in [1.29, 1.82) is 0 Å². The molecule has 2 aromatic heterocycles. The second-order valence-electron chi connectivity index (χ2n) is 8.06. The Bertz CT molecular complexity index is 1160. The highest BCUT2D eigenvalue weighted by Gasteiger charge is 2.14. The van der Waals surface area contributed by atoms with Gasteiger partial charge < -0.3 is 9.88 Å². The number of fused-ring (bicyclic) bond motifs is 2. The van der Waals surface area contributed by atoms with Gasteiger partial charge >= 0.3 is 0 Å². The van der Waals surface area contributed by atoms with Crippen LogP contribution in [0.15, 0.2) is 67.1 Å². The molecular weight excluding hydrogens is 370 g/mol. The van der Waals surface area contributed by atoms with Gasteiger partial charge in [0, 0.05) is 39.4 Å². The van der Waals surface area contributed by atoms with Crippen molar-refractivity contribution in [1.82, 2.24) is 19.4 Å². The molecule has 0 amide bonds. The highest BCUT2D eigenvalue weighted by molar-refractivity contribution is 5.82. The Morgan fingerprint density at radius 3 is 2.77 bits per heavy atom. The smallest absolute Gasteiger partial charge is 0.126 e. The third kappa shape index (κ3) is 3.94. The Labute approximate surface area is 177 Å². The Morgan fingerprint density at radius 1 is 0.967 bits per heavy atom. The van der Waals surface area contributed by atoms with E-state index in [4.69, 9.17) is 0 Å². The van der Waals surface area contributed by atoms with E-state index >= 15 is 0 Å². The monoisotopic (exact) mass is 397 g/mol. The van der Waals surface area contributed by atoms with Crippen LogP contribution in [-0.2, 0) is 20.0 Å². The first-order valence-electron chi connectivity index (χ1n) is 10.7. The van der Waals surface area contributed by atoms with Crippen molar-refractivity contribution in [3.8, 4) is 11.1 Å². The van der Waals surface area contributed by atoms with E-state index in [9.17, 15) is 0 Å². The van der Waals surface area contributed by atoms with E-state index in [1.165, 1.54) is 22.3 Å². The molecule has 0 bridgehead atoms. The van der Waals surface area contributed by atoms with Crippen molar-refractivity contribution < 1.29 is 0 Å². The number of hydrogen-bond donors (Lipinski definition) is 1. The van der Waals surface area contributed by atoms with E-state index in [1.54, 1.807) is 0 Å². The van der Waals surface area contributed by atoms with Crippen molar-refractivity contribution in [2.24, 2.45) is 7.05 Å². The molecule has 5 heteroatoms. The van der Waals surface area contributed by atoms with Gasteiger partial charge in [0.15, 0.2) is 0 Å². The number of nitrogens with one attached hydrogen (secondary N) is 1. The summed E-state index contributed by atoms with van der Waals surface area (Å²) in [6, 6.07) is 19.4. The normalized spacial score (nSPS) is 14.0. The second-order valence-corrected chi connectivity index (χ2v) is 8.06. The zero-order valence-electron chi connectivity index (χ0n) is 17.4. The summed E-state index contributed by atoms with van der Waals surface area (Å²) in [5, 5.41) is 3.50. The molecule has 0 spiro atoms. The molecule has 0 fully saturated rings. The zero-order chi connectivity index (χ0) is 20.3. The summed E-state index contributed by atoms with van der Waals surface area (Å²) < 4.78 is 2.05. The molecule has 4 aromatic rings. The summed E-state index contributed by atoms with van der Waals surface area (Å²) >= 11 is 0. The van der Waals surface area contributed by atoms with Crippen molar-refractivity contribution >= 4 is 16.9 Å². The van der Waals surface area contributed by atoms with Crippen molar-refractivity contribution in [2.45, 2.75) is 19.4 Å². The highest BCUT2D eigenvalue weighted by atomic mass is 15.1. The largest absolute Gasteiger partial charge is 0.370 e. The molecule has 1 N–H and O–H groups in total. The Balaban J connectivity index is 1.18. The molecule has 5 rings (SSSR count). The first kappa shape index (κ1) is 18.8. The lowest BCUT2D eigenvalue weighted by Crippen LogP contribution is -2.32. The van der Waals surface area contributed by atoms with Gasteiger partial charge in [-0.3, -0.25) is 4.90 Å². The molecule has 0 aliphatic carbocycles. The van der Waals surface area contributed by atoms with Crippen LogP contribution in [0.5, 0.6) is 0 Å². The van der Waals surface area contributed by atoms with Crippen molar-refractivity contribution in [2.75, 3.05) is 25.0 Å². The van der Waals surface area contributed by atoms with Crippen LogP contribution in [0.2, 0.25) is 0 Å². The molecule has 152 valence electrons. The molecule has 0 radical (unpaired) electrons. The molecule has 30 heavy (non-hydrogen) atoms. The Kier molecular flexibility index (Phi) is 5.20. The second kappa shape index (κ2) is 8.28. The number of imidazole rings is 1. The van der Waals surface area contributed by atoms with E-state index in [0.29, 0.717) is 0 Å². The molecule has 1 aliphatic heterocycles. The Morgan fingerprint density at radius 2 is 1.83 bits per heavy atom. The summed E-state index contributed by atoms with van der Waals surface area (Å²) in [6.45, 7) is 4.26. The van der Waals surface area contributed by atoms with Crippen LogP contribution in [0.1, 0.15) is 17.5 Å². The third-order valence-corrected chi connectivity index (χ3v) is 5.99. The van der Waals surface area contributed by atoms with Gasteiger partial charge in [0.05, 0.1) is 17.4 Å². The topological polar surface area (TPSA) is 46.0 Å². The van der Waals surface area contributed by atoms with Gasteiger partial charge in [-0.1, -0.05) is 30.3 Å². The quantitative estimate of drug-likeness (QED) is 0.487. The minimum absolute atomic E-state index is 0.926. The molecule has 5 nitrogen and oxygen atoms in total. The van der Waals surface area contributed by atoms with Gasteiger partial charge in [-0.05, 0) is 59.4 Å². The van der Waals surface area contributed by atoms with Crippen LogP contribution in [0.3, 0.4) is 0 Å². The minimum atomic E-state index is 0.926. The lowest BCUT2D eigenvalue weighted by atomic mass is 10.00. The first-order valence-corrected chi connectivity index (χ1v) is 10.7. The van der Waals surface area contributed by atoms with Gasteiger partial charge in [-0.15, -0.1) is 0 Å². The van der Waals surface area contributed by atoms with E-state index < -0.39 is 0 Å². The fraction of sp³-hybridized carbons (Fsp3) is 0.280. The molecule has 0 saturated heterocycles. The molecule has 0 unspecified atom stereocenters. The predicted molar refractivity (Wildman–Crippen MR) is 122 cm³/mol. The van der Waals surface area contributed by atoms with E-state index in [0.717, 1.165) is 55.9 Å². The predicted octanol–water partition coefficient (Wildman–Crippen LogP) is 4.50. The summed E-state index contributed by atoms with van der Waals surface area (Å²) in [6.07, 6.45) is 6.00.